The van der Waals surface area contributed by atoms with Gasteiger partial charge in [-0.1, -0.05) is 11.8 Å². The molecular formula is C16H18FNO2. The summed E-state index contributed by atoms with van der Waals surface area (Å²) in [5.41, 5.74) is 0.549. The molecule has 0 aliphatic carbocycles. The highest BCUT2D eigenvalue weighted by Gasteiger charge is 2.25. The number of likely N-dealkylation sites (tertiary alicyclic amines) is 1. The van der Waals surface area contributed by atoms with E-state index >= 15 is 0 Å². The van der Waals surface area contributed by atoms with Crippen molar-refractivity contribution in [3.8, 4) is 11.8 Å². The van der Waals surface area contributed by atoms with Gasteiger partial charge in [-0.05, 0) is 44.4 Å². The Hall–Kier alpha value is -1.86. The zero-order valence-electron chi connectivity index (χ0n) is 11.5. The summed E-state index contributed by atoms with van der Waals surface area (Å²) in [6, 6.07) is 4.47. The fraction of sp³-hybridized carbons (Fsp3) is 0.438. The molecule has 1 heterocycles. The van der Waals surface area contributed by atoms with E-state index in [1.807, 2.05) is 6.92 Å². The van der Waals surface area contributed by atoms with Gasteiger partial charge in [-0.3, -0.25) is 4.79 Å². The third-order valence-electron chi connectivity index (χ3n) is 3.58. The number of piperidine rings is 1. The molecule has 1 amide bonds. The van der Waals surface area contributed by atoms with Crippen molar-refractivity contribution in [1.29, 1.82) is 0 Å². The number of aliphatic hydroxyl groups excluding tert-OH is 1. The number of halogens is 1. The summed E-state index contributed by atoms with van der Waals surface area (Å²) < 4.78 is 14.0. The molecule has 0 aromatic heterocycles. The number of carbonyl (C=O) groups excluding carboxylic acids is 1. The quantitative estimate of drug-likeness (QED) is 0.798. The highest BCUT2D eigenvalue weighted by Crippen LogP contribution is 2.20. The van der Waals surface area contributed by atoms with Crippen LogP contribution in [0.2, 0.25) is 0 Å². The number of nitrogens with zero attached hydrogens (tertiary/aromatic N) is 1. The summed E-state index contributed by atoms with van der Waals surface area (Å²) in [5.74, 6) is 4.27. The fourth-order valence-corrected chi connectivity index (χ4v) is 2.46. The molecule has 4 heteroatoms. The third-order valence-corrected chi connectivity index (χ3v) is 3.58. The van der Waals surface area contributed by atoms with Crippen molar-refractivity contribution in [3.63, 3.8) is 0 Å². The number of hydrogen-bond acceptors (Lipinski definition) is 2. The van der Waals surface area contributed by atoms with Crippen LogP contribution in [0.15, 0.2) is 18.2 Å². The van der Waals surface area contributed by atoms with Gasteiger partial charge in [-0.15, -0.1) is 0 Å². The number of carbonyl (C=O) groups is 1. The molecule has 0 radical (unpaired) electrons. The highest BCUT2D eigenvalue weighted by atomic mass is 19.1. The molecule has 1 aromatic carbocycles. The van der Waals surface area contributed by atoms with Crippen molar-refractivity contribution in [2.75, 3.05) is 13.2 Å². The topological polar surface area (TPSA) is 40.5 Å². The minimum Gasteiger partial charge on any atom is -0.384 e. The molecule has 3 nitrogen and oxygen atoms in total. The van der Waals surface area contributed by atoms with Gasteiger partial charge in [-0.25, -0.2) is 4.39 Å². The van der Waals surface area contributed by atoms with Crippen molar-refractivity contribution in [1.82, 2.24) is 4.90 Å². The average Bonchev–Trinajstić information content (AvgIpc) is 2.45. The summed E-state index contributed by atoms with van der Waals surface area (Å²) in [5, 5.41) is 8.61. The smallest absolute Gasteiger partial charge is 0.257 e. The number of rotatable bonds is 1. The molecule has 1 aliphatic rings. The van der Waals surface area contributed by atoms with E-state index in [1.54, 1.807) is 11.0 Å². The van der Waals surface area contributed by atoms with Crippen molar-refractivity contribution >= 4 is 5.91 Å². The van der Waals surface area contributed by atoms with Gasteiger partial charge < -0.3 is 10.0 Å². The second-order valence-corrected chi connectivity index (χ2v) is 5.00. The molecule has 2 rings (SSSR count). The first-order valence-corrected chi connectivity index (χ1v) is 6.83. The Morgan fingerprint density at radius 1 is 1.50 bits per heavy atom. The van der Waals surface area contributed by atoms with E-state index in [-0.39, 0.29) is 24.1 Å². The van der Waals surface area contributed by atoms with Gasteiger partial charge in [0.1, 0.15) is 12.4 Å². The van der Waals surface area contributed by atoms with Crippen LogP contribution >= 0.6 is 0 Å². The summed E-state index contributed by atoms with van der Waals surface area (Å²) in [4.78, 5) is 14.1. The van der Waals surface area contributed by atoms with E-state index in [1.165, 1.54) is 12.1 Å². The first-order chi connectivity index (χ1) is 9.63. The summed E-state index contributed by atoms with van der Waals surface area (Å²) >= 11 is 0. The van der Waals surface area contributed by atoms with Crippen molar-refractivity contribution in [2.45, 2.75) is 32.2 Å². The van der Waals surface area contributed by atoms with Crippen molar-refractivity contribution in [2.24, 2.45) is 0 Å². The maximum atomic E-state index is 14.0. The summed E-state index contributed by atoms with van der Waals surface area (Å²) in [7, 11) is 0. The van der Waals surface area contributed by atoms with Crippen LogP contribution in [0.1, 0.15) is 42.1 Å². The highest BCUT2D eigenvalue weighted by molar-refractivity contribution is 5.94. The SMILES string of the molecule is CC1CCCCN1C(=O)c1ccc(C#CCO)cc1F. The predicted octanol–water partition coefficient (Wildman–Crippen LogP) is 2.18. The number of aliphatic hydroxyl groups is 1. The zero-order chi connectivity index (χ0) is 14.5. The molecule has 1 aliphatic heterocycles. The second kappa shape index (κ2) is 6.53. The molecule has 1 saturated heterocycles. The lowest BCUT2D eigenvalue weighted by atomic mass is 10.0. The Morgan fingerprint density at radius 3 is 2.95 bits per heavy atom. The van der Waals surface area contributed by atoms with Crippen LogP contribution in [-0.4, -0.2) is 35.1 Å². The lowest BCUT2D eigenvalue weighted by Crippen LogP contribution is -2.42. The standard InChI is InChI=1S/C16H18FNO2/c1-12-5-2-3-9-18(12)16(20)14-8-7-13(6-4-10-19)11-15(14)17/h7-8,11-12,19H,2-3,5,9-10H2,1H3. The lowest BCUT2D eigenvalue weighted by molar-refractivity contribution is 0.0631. The molecule has 1 atom stereocenters. The molecular weight excluding hydrogens is 257 g/mol. The van der Waals surface area contributed by atoms with Crippen LogP contribution in [0, 0.1) is 17.7 Å². The maximum absolute atomic E-state index is 14.0. The summed E-state index contributed by atoms with van der Waals surface area (Å²) in [6.45, 7) is 2.41. The Morgan fingerprint density at radius 2 is 2.30 bits per heavy atom. The lowest BCUT2D eigenvalue weighted by Gasteiger charge is -2.33. The molecule has 1 aromatic rings. The Labute approximate surface area is 118 Å². The summed E-state index contributed by atoms with van der Waals surface area (Å²) in [6.07, 6.45) is 3.05. The first-order valence-electron chi connectivity index (χ1n) is 6.83. The van der Waals surface area contributed by atoms with Gasteiger partial charge in [0.2, 0.25) is 0 Å². The number of hydrogen-bond donors (Lipinski definition) is 1. The minimum atomic E-state index is -0.558. The molecule has 0 bridgehead atoms. The third kappa shape index (κ3) is 3.17. The van der Waals surface area contributed by atoms with E-state index in [2.05, 4.69) is 11.8 Å². The van der Waals surface area contributed by atoms with Gasteiger partial charge in [0.15, 0.2) is 0 Å². The van der Waals surface area contributed by atoms with Crippen LogP contribution in [0.3, 0.4) is 0 Å². The minimum absolute atomic E-state index is 0.0910. The van der Waals surface area contributed by atoms with Crippen molar-refractivity contribution < 1.29 is 14.3 Å². The van der Waals surface area contributed by atoms with Gasteiger partial charge in [0.25, 0.3) is 5.91 Å². The zero-order valence-corrected chi connectivity index (χ0v) is 11.5. The van der Waals surface area contributed by atoms with Crippen LogP contribution < -0.4 is 0 Å². The van der Waals surface area contributed by atoms with E-state index in [0.717, 1.165) is 19.3 Å². The van der Waals surface area contributed by atoms with Gasteiger partial charge >= 0.3 is 0 Å². The van der Waals surface area contributed by atoms with E-state index in [4.69, 9.17) is 5.11 Å². The van der Waals surface area contributed by atoms with E-state index in [0.29, 0.717) is 12.1 Å². The van der Waals surface area contributed by atoms with Crippen LogP contribution in [0.4, 0.5) is 4.39 Å². The molecule has 1 unspecified atom stereocenters. The molecule has 106 valence electrons. The molecule has 1 N–H and O–H groups in total. The predicted molar refractivity (Wildman–Crippen MR) is 74.7 cm³/mol. The van der Waals surface area contributed by atoms with Crippen LogP contribution in [0.5, 0.6) is 0 Å². The van der Waals surface area contributed by atoms with Crippen LogP contribution in [0.25, 0.3) is 0 Å². The van der Waals surface area contributed by atoms with Crippen molar-refractivity contribution in [3.05, 3.63) is 35.1 Å². The largest absolute Gasteiger partial charge is 0.384 e. The molecule has 0 spiro atoms. The number of benzene rings is 1. The van der Waals surface area contributed by atoms with Gasteiger partial charge in [-0.2, -0.15) is 0 Å². The molecule has 0 saturated carbocycles. The Balaban J connectivity index is 2.22. The first kappa shape index (κ1) is 14.5. The molecule has 1 fully saturated rings. The molecule has 20 heavy (non-hydrogen) atoms. The van der Waals surface area contributed by atoms with Gasteiger partial charge in [0.05, 0.1) is 5.56 Å². The normalized spacial score (nSPS) is 18.4. The Kier molecular flexibility index (Phi) is 4.75. The Bertz CT molecular complexity index is 559. The number of amides is 1. The maximum Gasteiger partial charge on any atom is 0.257 e. The van der Waals surface area contributed by atoms with E-state index < -0.39 is 5.82 Å². The van der Waals surface area contributed by atoms with E-state index in [9.17, 15) is 9.18 Å². The average molecular weight is 275 g/mol. The fourth-order valence-electron chi connectivity index (χ4n) is 2.46. The van der Waals surface area contributed by atoms with Gasteiger partial charge in [0, 0.05) is 18.2 Å². The second-order valence-electron chi connectivity index (χ2n) is 5.00. The monoisotopic (exact) mass is 275 g/mol. The van der Waals surface area contributed by atoms with Crippen LogP contribution in [-0.2, 0) is 0 Å².